The fraction of sp³-hybridized carbons (Fsp3) is 0.391. The highest BCUT2D eigenvalue weighted by molar-refractivity contribution is 5.81. The predicted molar refractivity (Wildman–Crippen MR) is 113 cm³/mol. The molecule has 2 atom stereocenters. The van der Waals surface area contributed by atoms with E-state index in [2.05, 4.69) is 4.98 Å². The number of carbonyl (C=O) groups excluding carboxylic acids is 1. The molecule has 1 aromatic heterocycles. The van der Waals surface area contributed by atoms with Gasteiger partial charge >= 0.3 is 0 Å². The molecule has 29 heavy (non-hydrogen) atoms. The minimum Gasteiger partial charge on any atom is -0.383 e. The number of carbonyl (C=O) groups is 1. The lowest BCUT2D eigenvalue weighted by Gasteiger charge is -2.47. The third kappa shape index (κ3) is 3.54. The van der Waals surface area contributed by atoms with Crippen molar-refractivity contribution >= 4 is 16.9 Å². The zero-order chi connectivity index (χ0) is 20.6. The third-order valence-corrected chi connectivity index (χ3v) is 6.10. The number of likely N-dealkylation sites (tertiary alicyclic amines) is 1. The first-order valence-corrected chi connectivity index (χ1v) is 10.0. The minimum atomic E-state index is -0.973. The molecule has 0 unspecified atom stereocenters. The van der Waals surface area contributed by atoms with Crippen LogP contribution in [0.2, 0.25) is 0 Å². The molecule has 1 aliphatic heterocycles. The Morgan fingerprint density at radius 3 is 2.59 bits per heavy atom. The maximum atomic E-state index is 13.2. The quantitative estimate of drug-likeness (QED) is 0.741. The lowest BCUT2D eigenvalue weighted by atomic mass is 9.80. The van der Waals surface area contributed by atoms with Crippen molar-refractivity contribution in [3.8, 4) is 0 Å². The summed E-state index contributed by atoms with van der Waals surface area (Å²) in [4.78, 5) is 21.6. The molecule has 0 radical (unpaired) electrons. The Balaban J connectivity index is 1.56. The zero-order valence-electron chi connectivity index (χ0n) is 17.2. The summed E-state index contributed by atoms with van der Waals surface area (Å²) in [6.07, 6.45) is 0.509. The van der Waals surface area contributed by atoms with Crippen molar-refractivity contribution in [3.63, 3.8) is 0 Å². The zero-order valence-corrected chi connectivity index (χ0v) is 17.2. The van der Waals surface area contributed by atoms with Crippen LogP contribution in [0.4, 0.5) is 0 Å². The van der Waals surface area contributed by atoms with E-state index in [-0.39, 0.29) is 18.5 Å². The SMILES string of the molecule is Cc1nc2ccccc2n1CC(=O)N1CC[C@](O)(c2ccccc2)[C@H](N(C)C)C1. The number of aryl methyl sites for hydroxylation is 1. The summed E-state index contributed by atoms with van der Waals surface area (Å²) in [5.41, 5.74) is 1.81. The highest BCUT2D eigenvalue weighted by Gasteiger charge is 2.45. The summed E-state index contributed by atoms with van der Waals surface area (Å²) in [6, 6.07) is 17.5. The number of piperidine rings is 1. The van der Waals surface area contributed by atoms with Crippen LogP contribution in [0.25, 0.3) is 11.0 Å². The van der Waals surface area contributed by atoms with E-state index in [1.54, 1.807) is 0 Å². The molecule has 1 saturated heterocycles. The van der Waals surface area contributed by atoms with Gasteiger partial charge in [-0.1, -0.05) is 42.5 Å². The summed E-state index contributed by atoms with van der Waals surface area (Å²) >= 11 is 0. The van der Waals surface area contributed by atoms with E-state index in [1.807, 2.05) is 90.0 Å². The Labute approximate surface area is 171 Å². The minimum absolute atomic E-state index is 0.0539. The Hall–Kier alpha value is -2.70. The summed E-state index contributed by atoms with van der Waals surface area (Å²) in [7, 11) is 3.92. The van der Waals surface area contributed by atoms with Gasteiger partial charge in [-0.05, 0) is 45.1 Å². The maximum Gasteiger partial charge on any atom is 0.242 e. The Morgan fingerprint density at radius 2 is 1.86 bits per heavy atom. The maximum absolute atomic E-state index is 13.2. The molecule has 2 aromatic carbocycles. The number of likely N-dealkylation sites (N-methyl/N-ethyl adjacent to an activating group) is 1. The molecular weight excluding hydrogens is 364 g/mol. The summed E-state index contributed by atoms with van der Waals surface area (Å²) in [5, 5.41) is 11.5. The molecule has 6 nitrogen and oxygen atoms in total. The molecule has 1 amide bonds. The monoisotopic (exact) mass is 392 g/mol. The van der Waals surface area contributed by atoms with Gasteiger partial charge in [0.2, 0.25) is 5.91 Å². The highest BCUT2D eigenvalue weighted by atomic mass is 16.3. The summed E-state index contributed by atoms with van der Waals surface area (Å²) in [5.74, 6) is 0.889. The molecule has 4 rings (SSSR count). The normalized spacial score (nSPS) is 22.4. The van der Waals surface area contributed by atoms with Crippen LogP contribution in [-0.2, 0) is 16.9 Å². The number of benzene rings is 2. The number of hydrogen-bond donors (Lipinski definition) is 1. The lowest BCUT2D eigenvalue weighted by Crippen LogP contribution is -2.60. The Morgan fingerprint density at radius 1 is 1.17 bits per heavy atom. The number of rotatable bonds is 4. The molecule has 0 aliphatic carbocycles. The van der Waals surface area contributed by atoms with E-state index in [0.717, 1.165) is 22.4 Å². The molecule has 0 spiro atoms. The largest absolute Gasteiger partial charge is 0.383 e. The van der Waals surface area contributed by atoms with Gasteiger partial charge in [0.05, 0.1) is 17.1 Å². The van der Waals surface area contributed by atoms with Crippen LogP contribution in [0.5, 0.6) is 0 Å². The molecule has 1 fully saturated rings. The molecular formula is C23H28N4O2. The molecule has 3 aromatic rings. The smallest absolute Gasteiger partial charge is 0.242 e. The Bertz CT molecular complexity index is 1010. The van der Waals surface area contributed by atoms with E-state index in [1.165, 1.54) is 0 Å². The average Bonchev–Trinajstić information content (AvgIpc) is 3.04. The summed E-state index contributed by atoms with van der Waals surface area (Å²) < 4.78 is 1.97. The van der Waals surface area contributed by atoms with Gasteiger partial charge in [0, 0.05) is 13.1 Å². The van der Waals surface area contributed by atoms with Gasteiger partial charge < -0.3 is 19.5 Å². The van der Waals surface area contributed by atoms with Crippen molar-refractivity contribution < 1.29 is 9.90 Å². The standard InChI is InChI=1S/C23H28N4O2/c1-17-24-19-11-7-8-12-20(19)27(17)16-22(28)26-14-13-23(29,21(15-26)25(2)3)18-9-5-4-6-10-18/h4-12,21,29H,13-16H2,1-3H3/t21-,23+/m1/s1. The first-order chi connectivity index (χ1) is 13.9. The first kappa shape index (κ1) is 19.6. The molecule has 6 heteroatoms. The van der Waals surface area contributed by atoms with E-state index in [9.17, 15) is 9.90 Å². The second-order valence-electron chi connectivity index (χ2n) is 8.09. The van der Waals surface area contributed by atoms with Crippen LogP contribution in [-0.4, -0.2) is 63.6 Å². The summed E-state index contributed by atoms with van der Waals surface area (Å²) in [6.45, 7) is 3.21. The van der Waals surface area contributed by atoms with Gasteiger partial charge in [0.25, 0.3) is 0 Å². The number of fused-ring (bicyclic) bond motifs is 1. The van der Waals surface area contributed by atoms with Crippen LogP contribution in [0.15, 0.2) is 54.6 Å². The molecule has 0 bridgehead atoms. The van der Waals surface area contributed by atoms with E-state index in [0.29, 0.717) is 19.5 Å². The number of imidazole rings is 1. The third-order valence-electron chi connectivity index (χ3n) is 6.10. The van der Waals surface area contributed by atoms with Crippen molar-refractivity contribution in [2.75, 3.05) is 27.2 Å². The van der Waals surface area contributed by atoms with Crippen LogP contribution in [0.1, 0.15) is 17.8 Å². The second-order valence-corrected chi connectivity index (χ2v) is 8.09. The van der Waals surface area contributed by atoms with Crippen molar-refractivity contribution in [2.24, 2.45) is 0 Å². The fourth-order valence-corrected chi connectivity index (χ4v) is 4.43. The molecule has 1 N–H and O–H groups in total. The molecule has 152 valence electrons. The molecule has 0 saturated carbocycles. The van der Waals surface area contributed by atoms with Gasteiger partial charge in [-0.3, -0.25) is 4.79 Å². The van der Waals surface area contributed by atoms with Gasteiger partial charge in [0.15, 0.2) is 0 Å². The van der Waals surface area contributed by atoms with Crippen molar-refractivity contribution in [3.05, 3.63) is 66.0 Å². The predicted octanol–water partition coefficient (Wildman–Crippen LogP) is 2.40. The van der Waals surface area contributed by atoms with Crippen LogP contribution < -0.4 is 0 Å². The number of nitrogens with zero attached hydrogens (tertiary/aromatic N) is 4. The van der Waals surface area contributed by atoms with Crippen molar-refractivity contribution in [1.29, 1.82) is 0 Å². The highest BCUT2D eigenvalue weighted by Crippen LogP contribution is 2.35. The van der Waals surface area contributed by atoms with Gasteiger partial charge in [-0.25, -0.2) is 4.98 Å². The Kier molecular flexibility index (Phi) is 5.15. The van der Waals surface area contributed by atoms with Crippen molar-refractivity contribution in [2.45, 2.75) is 31.5 Å². The fourth-order valence-electron chi connectivity index (χ4n) is 4.43. The molecule has 2 heterocycles. The number of para-hydroxylation sites is 2. The van der Waals surface area contributed by atoms with E-state index in [4.69, 9.17) is 0 Å². The second kappa shape index (κ2) is 7.61. The van der Waals surface area contributed by atoms with Crippen LogP contribution >= 0.6 is 0 Å². The topological polar surface area (TPSA) is 61.6 Å². The number of aromatic nitrogens is 2. The van der Waals surface area contributed by atoms with E-state index < -0.39 is 5.60 Å². The van der Waals surface area contributed by atoms with Gasteiger partial charge in [-0.15, -0.1) is 0 Å². The molecule has 1 aliphatic rings. The average molecular weight is 393 g/mol. The number of aliphatic hydroxyl groups is 1. The van der Waals surface area contributed by atoms with E-state index >= 15 is 0 Å². The van der Waals surface area contributed by atoms with Gasteiger partial charge in [-0.2, -0.15) is 0 Å². The first-order valence-electron chi connectivity index (χ1n) is 10.0. The number of amides is 1. The number of hydrogen-bond acceptors (Lipinski definition) is 4. The van der Waals surface area contributed by atoms with Crippen LogP contribution in [0.3, 0.4) is 0 Å². The lowest BCUT2D eigenvalue weighted by molar-refractivity contribution is -0.142. The van der Waals surface area contributed by atoms with Crippen LogP contribution in [0, 0.1) is 6.92 Å². The van der Waals surface area contributed by atoms with Gasteiger partial charge in [0.1, 0.15) is 18.0 Å². The van der Waals surface area contributed by atoms with Crippen molar-refractivity contribution in [1.82, 2.24) is 19.4 Å².